The van der Waals surface area contributed by atoms with Gasteiger partial charge in [-0.1, -0.05) is 18.2 Å². The summed E-state index contributed by atoms with van der Waals surface area (Å²) in [6, 6.07) is 7.58. The van der Waals surface area contributed by atoms with E-state index in [0.29, 0.717) is 5.56 Å². The van der Waals surface area contributed by atoms with E-state index in [0.717, 1.165) is 11.3 Å². The number of hydrogen-bond donors (Lipinski definition) is 3. The Balaban J connectivity index is 2.41. The predicted molar refractivity (Wildman–Crippen MR) is 74.5 cm³/mol. The van der Waals surface area contributed by atoms with Crippen molar-refractivity contribution in [3.8, 4) is 0 Å². The van der Waals surface area contributed by atoms with Crippen LogP contribution in [-0.2, 0) is 16.6 Å². The molecule has 3 N–H and O–H groups in total. The van der Waals surface area contributed by atoms with Crippen molar-refractivity contribution in [1.82, 2.24) is 0 Å². The van der Waals surface area contributed by atoms with E-state index < -0.39 is 16.0 Å². The number of carbonyl (C=O) groups is 1. The SMILES string of the molecule is O=C(O)c1sccc1S(=O)(=O)Nc1ccccc1CO. The highest BCUT2D eigenvalue weighted by Crippen LogP contribution is 2.25. The third kappa shape index (κ3) is 2.82. The van der Waals surface area contributed by atoms with E-state index in [1.807, 2.05) is 0 Å². The Hall–Kier alpha value is -1.90. The van der Waals surface area contributed by atoms with Gasteiger partial charge in [-0.25, -0.2) is 13.2 Å². The molecule has 0 radical (unpaired) electrons. The van der Waals surface area contributed by atoms with Crippen molar-refractivity contribution in [2.75, 3.05) is 4.72 Å². The summed E-state index contributed by atoms with van der Waals surface area (Å²) in [5, 5.41) is 19.5. The first-order valence-electron chi connectivity index (χ1n) is 5.48. The second-order valence-electron chi connectivity index (χ2n) is 3.84. The molecule has 0 aliphatic heterocycles. The van der Waals surface area contributed by atoms with Crippen molar-refractivity contribution in [2.45, 2.75) is 11.5 Å². The number of hydrogen-bond acceptors (Lipinski definition) is 5. The van der Waals surface area contributed by atoms with Crippen molar-refractivity contribution < 1.29 is 23.4 Å². The summed E-state index contributed by atoms with van der Waals surface area (Å²) in [6.07, 6.45) is 0. The second-order valence-corrected chi connectivity index (χ2v) is 6.41. The molecule has 2 aromatic rings. The van der Waals surface area contributed by atoms with Crippen molar-refractivity contribution in [1.29, 1.82) is 0 Å². The van der Waals surface area contributed by atoms with Crippen LogP contribution in [0.2, 0.25) is 0 Å². The molecule has 1 aromatic carbocycles. The number of benzene rings is 1. The van der Waals surface area contributed by atoms with Gasteiger partial charge in [-0.05, 0) is 17.5 Å². The summed E-state index contributed by atoms with van der Waals surface area (Å²) in [6.45, 7) is -0.325. The van der Waals surface area contributed by atoms with Gasteiger partial charge >= 0.3 is 5.97 Å². The lowest BCUT2D eigenvalue weighted by Crippen LogP contribution is -2.16. The van der Waals surface area contributed by atoms with E-state index in [1.165, 1.54) is 17.5 Å². The third-order valence-corrected chi connectivity index (χ3v) is 4.98. The van der Waals surface area contributed by atoms with Crippen LogP contribution >= 0.6 is 11.3 Å². The van der Waals surface area contributed by atoms with Crippen LogP contribution in [-0.4, -0.2) is 24.6 Å². The van der Waals surface area contributed by atoms with Crippen LogP contribution in [0.5, 0.6) is 0 Å². The summed E-state index contributed by atoms with van der Waals surface area (Å²) < 4.78 is 26.7. The van der Waals surface area contributed by atoms with Gasteiger partial charge in [-0.15, -0.1) is 11.3 Å². The van der Waals surface area contributed by atoms with Gasteiger partial charge < -0.3 is 10.2 Å². The summed E-state index contributed by atoms with van der Waals surface area (Å²) in [5.41, 5.74) is 0.626. The van der Waals surface area contributed by atoms with Gasteiger partial charge in [0.15, 0.2) is 0 Å². The van der Waals surface area contributed by atoms with Gasteiger partial charge in [0.2, 0.25) is 0 Å². The van der Waals surface area contributed by atoms with Crippen LogP contribution in [0.1, 0.15) is 15.2 Å². The standard InChI is InChI=1S/C12H11NO5S2/c14-7-8-3-1-2-4-9(8)13-20(17,18)10-5-6-19-11(10)12(15)16/h1-6,13-14H,7H2,(H,15,16). The highest BCUT2D eigenvalue weighted by molar-refractivity contribution is 7.93. The van der Waals surface area contributed by atoms with Gasteiger partial charge in [0.25, 0.3) is 10.0 Å². The molecule has 0 fully saturated rings. The molecule has 1 aromatic heterocycles. The molecule has 0 aliphatic carbocycles. The number of carboxylic acids is 1. The smallest absolute Gasteiger partial charge is 0.347 e. The van der Waals surface area contributed by atoms with E-state index in [-0.39, 0.29) is 22.1 Å². The molecule has 0 unspecified atom stereocenters. The topological polar surface area (TPSA) is 104 Å². The van der Waals surface area contributed by atoms with Crippen molar-refractivity contribution in [3.05, 3.63) is 46.2 Å². The van der Waals surface area contributed by atoms with Crippen LogP contribution in [0, 0.1) is 0 Å². The van der Waals surface area contributed by atoms with Crippen LogP contribution in [0.4, 0.5) is 5.69 Å². The average molecular weight is 313 g/mol. The number of aliphatic hydroxyl groups is 1. The Morgan fingerprint density at radius 2 is 1.95 bits per heavy atom. The molecule has 0 aliphatic rings. The summed E-state index contributed by atoms with van der Waals surface area (Å²) in [7, 11) is -4.01. The van der Waals surface area contributed by atoms with E-state index in [2.05, 4.69) is 4.72 Å². The van der Waals surface area contributed by atoms with E-state index in [4.69, 9.17) is 10.2 Å². The summed E-state index contributed by atoms with van der Waals surface area (Å²) >= 11 is 0.837. The number of aromatic carboxylic acids is 1. The minimum atomic E-state index is -4.01. The van der Waals surface area contributed by atoms with Crippen LogP contribution in [0.3, 0.4) is 0 Å². The fourth-order valence-corrected chi connectivity index (χ4v) is 3.98. The zero-order valence-electron chi connectivity index (χ0n) is 10.1. The largest absolute Gasteiger partial charge is 0.477 e. The number of aliphatic hydroxyl groups excluding tert-OH is 1. The maximum absolute atomic E-state index is 12.2. The van der Waals surface area contributed by atoms with Crippen molar-refractivity contribution >= 4 is 33.0 Å². The number of para-hydroxylation sites is 1. The fraction of sp³-hybridized carbons (Fsp3) is 0.0833. The fourth-order valence-electron chi connectivity index (χ4n) is 1.62. The van der Waals surface area contributed by atoms with Gasteiger partial charge in [0.1, 0.15) is 9.77 Å². The maximum atomic E-state index is 12.2. The van der Waals surface area contributed by atoms with Gasteiger partial charge in [0, 0.05) is 5.56 Å². The van der Waals surface area contributed by atoms with Crippen molar-refractivity contribution in [3.63, 3.8) is 0 Å². The maximum Gasteiger partial charge on any atom is 0.347 e. The minimum absolute atomic E-state index is 0.220. The lowest BCUT2D eigenvalue weighted by Gasteiger charge is -2.10. The van der Waals surface area contributed by atoms with E-state index in [9.17, 15) is 13.2 Å². The highest BCUT2D eigenvalue weighted by atomic mass is 32.2. The molecular weight excluding hydrogens is 302 g/mol. The number of thiophene rings is 1. The van der Waals surface area contributed by atoms with Crippen LogP contribution in [0.15, 0.2) is 40.6 Å². The molecule has 1 heterocycles. The van der Waals surface area contributed by atoms with Crippen LogP contribution in [0.25, 0.3) is 0 Å². The summed E-state index contributed by atoms with van der Waals surface area (Å²) in [5.74, 6) is -1.30. The van der Waals surface area contributed by atoms with Gasteiger partial charge in [-0.3, -0.25) is 4.72 Å². The molecule has 2 rings (SSSR count). The first kappa shape index (κ1) is 14.5. The zero-order chi connectivity index (χ0) is 14.8. The molecular formula is C12H11NO5S2. The molecule has 106 valence electrons. The Morgan fingerprint density at radius 1 is 1.25 bits per heavy atom. The molecule has 0 saturated carbocycles. The molecule has 6 nitrogen and oxygen atoms in total. The first-order valence-corrected chi connectivity index (χ1v) is 7.84. The molecule has 0 amide bonds. The Bertz CT molecular complexity index is 736. The van der Waals surface area contributed by atoms with Crippen molar-refractivity contribution in [2.24, 2.45) is 0 Å². The number of rotatable bonds is 5. The Labute approximate surface area is 119 Å². The number of carboxylic acid groups (broad SMARTS) is 1. The first-order chi connectivity index (χ1) is 9.45. The molecule has 8 heteroatoms. The molecule has 0 atom stereocenters. The summed E-state index contributed by atoms with van der Waals surface area (Å²) in [4.78, 5) is 10.4. The number of sulfonamides is 1. The predicted octanol–water partition coefficient (Wildman–Crippen LogP) is 1.74. The van der Waals surface area contributed by atoms with Gasteiger partial charge in [-0.2, -0.15) is 0 Å². The Morgan fingerprint density at radius 3 is 2.60 bits per heavy atom. The number of anilines is 1. The second kappa shape index (κ2) is 5.61. The Kier molecular flexibility index (Phi) is 4.07. The van der Waals surface area contributed by atoms with E-state index in [1.54, 1.807) is 18.2 Å². The third-order valence-electron chi connectivity index (χ3n) is 2.54. The molecule has 20 heavy (non-hydrogen) atoms. The van der Waals surface area contributed by atoms with Gasteiger partial charge in [0.05, 0.1) is 12.3 Å². The average Bonchev–Trinajstić information content (AvgIpc) is 2.89. The quantitative estimate of drug-likeness (QED) is 0.780. The molecule has 0 spiro atoms. The minimum Gasteiger partial charge on any atom is -0.477 e. The number of nitrogens with one attached hydrogen (secondary N) is 1. The normalized spacial score (nSPS) is 11.2. The van der Waals surface area contributed by atoms with E-state index >= 15 is 0 Å². The monoisotopic (exact) mass is 313 g/mol. The zero-order valence-corrected chi connectivity index (χ0v) is 11.7. The lowest BCUT2D eigenvalue weighted by atomic mass is 10.2. The van der Waals surface area contributed by atoms with Crippen LogP contribution < -0.4 is 4.72 Å². The molecule has 0 saturated heterocycles. The highest BCUT2D eigenvalue weighted by Gasteiger charge is 2.24. The molecule has 0 bridgehead atoms. The lowest BCUT2D eigenvalue weighted by molar-refractivity contribution is 0.0698.